The van der Waals surface area contributed by atoms with E-state index in [1.807, 2.05) is 78.9 Å². The maximum Gasteiger partial charge on any atom is 0.251 e. The van der Waals surface area contributed by atoms with Crippen molar-refractivity contribution >= 4 is 11.8 Å². The second kappa shape index (κ2) is 12.1. The highest BCUT2D eigenvalue weighted by Gasteiger charge is 2.48. The van der Waals surface area contributed by atoms with Crippen molar-refractivity contribution in [2.45, 2.75) is 49.7 Å². The second-order valence-electron chi connectivity index (χ2n) is 11.2. The standard InChI is InChI=1S/C36H37N3O2/c40-34(28-14-6-2-7-15-28)38-30-21-24-39(25-22-30)33-20-23-36(29-16-8-3-9-17-29,32-19-11-10-18-31(32)33)35(41)37-26-27-12-4-1-5-13-27/h1-19,30,33H,20-26H2,(H,37,41)(H,38,40). The molecule has 0 aromatic heterocycles. The van der Waals surface area contributed by atoms with Crippen LogP contribution < -0.4 is 10.6 Å². The van der Waals surface area contributed by atoms with Crippen LogP contribution in [-0.4, -0.2) is 35.8 Å². The van der Waals surface area contributed by atoms with E-state index in [1.165, 1.54) is 5.56 Å². The molecule has 1 heterocycles. The summed E-state index contributed by atoms with van der Waals surface area (Å²) in [5, 5.41) is 6.52. The highest BCUT2D eigenvalue weighted by atomic mass is 16.2. The van der Waals surface area contributed by atoms with Crippen LogP contribution in [-0.2, 0) is 16.8 Å². The number of hydrogen-bond acceptors (Lipinski definition) is 3. The summed E-state index contributed by atoms with van der Waals surface area (Å²) in [5.74, 6) is 0.0574. The zero-order valence-corrected chi connectivity index (χ0v) is 23.3. The van der Waals surface area contributed by atoms with Gasteiger partial charge in [0.2, 0.25) is 5.91 Å². The van der Waals surface area contributed by atoms with Crippen molar-refractivity contribution in [3.63, 3.8) is 0 Å². The number of rotatable bonds is 7. The van der Waals surface area contributed by atoms with Gasteiger partial charge < -0.3 is 10.6 Å². The Kier molecular flexibility index (Phi) is 7.97. The molecule has 0 saturated carbocycles. The lowest BCUT2D eigenvalue weighted by molar-refractivity contribution is -0.126. The average Bonchev–Trinajstić information content (AvgIpc) is 3.05. The van der Waals surface area contributed by atoms with Crippen LogP contribution in [0.2, 0.25) is 0 Å². The Labute approximate surface area is 242 Å². The third-order valence-corrected chi connectivity index (χ3v) is 8.86. The zero-order chi connectivity index (χ0) is 28.1. The van der Waals surface area contributed by atoms with Crippen molar-refractivity contribution < 1.29 is 9.59 Å². The fourth-order valence-electron chi connectivity index (χ4n) is 6.73. The quantitative estimate of drug-likeness (QED) is 0.300. The van der Waals surface area contributed by atoms with E-state index >= 15 is 0 Å². The second-order valence-corrected chi connectivity index (χ2v) is 11.2. The summed E-state index contributed by atoms with van der Waals surface area (Å²) in [5.41, 5.74) is 4.44. The van der Waals surface area contributed by atoms with E-state index in [0.29, 0.717) is 12.1 Å². The van der Waals surface area contributed by atoms with Crippen LogP contribution in [0.5, 0.6) is 0 Å². The topological polar surface area (TPSA) is 61.4 Å². The number of carbonyl (C=O) groups is 2. The first-order chi connectivity index (χ1) is 20.1. The smallest absolute Gasteiger partial charge is 0.251 e. The molecular formula is C36H37N3O2. The SMILES string of the molecule is O=C(NC1CCN(C2CCC(C(=O)NCc3ccccc3)(c3ccccc3)c3ccccc32)CC1)c1ccccc1. The Morgan fingerprint density at radius 3 is 2.05 bits per heavy atom. The minimum absolute atomic E-state index is 0.00113. The molecule has 4 aromatic carbocycles. The molecule has 2 atom stereocenters. The molecule has 2 amide bonds. The van der Waals surface area contributed by atoms with Gasteiger partial charge in [-0.15, -0.1) is 0 Å². The number of benzene rings is 4. The van der Waals surface area contributed by atoms with Crippen molar-refractivity contribution in [3.8, 4) is 0 Å². The van der Waals surface area contributed by atoms with Gasteiger partial charge in [0.15, 0.2) is 0 Å². The summed E-state index contributed by atoms with van der Waals surface area (Å²) in [6.45, 7) is 2.33. The van der Waals surface area contributed by atoms with Crippen molar-refractivity contribution in [2.24, 2.45) is 0 Å². The summed E-state index contributed by atoms with van der Waals surface area (Å²) in [4.78, 5) is 29.5. The molecule has 1 aliphatic heterocycles. The fraction of sp³-hybridized carbons (Fsp3) is 0.278. The normalized spacial score (nSPS) is 21.0. The van der Waals surface area contributed by atoms with E-state index in [4.69, 9.17) is 0 Å². The summed E-state index contributed by atoms with van der Waals surface area (Å²) >= 11 is 0. The monoisotopic (exact) mass is 543 g/mol. The number of carbonyl (C=O) groups excluding carboxylic acids is 2. The number of nitrogens with zero attached hydrogens (tertiary/aromatic N) is 1. The number of likely N-dealkylation sites (tertiary alicyclic amines) is 1. The number of nitrogens with one attached hydrogen (secondary N) is 2. The predicted molar refractivity (Wildman–Crippen MR) is 162 cm³/mol. The van der Waals surface area contributed by atoms with Crippen LogP contribution in [0.3, 0.4) is 0 Å². The predicted octanol–water partition coefficient (Wildman–Crippen LogP) is 6.02. The van der Waals surface area contributed by atoms with Crippen molar-refractivity contribution in [2.75, 3.05) is 13.1 Å². The van der Waals surface area contributed by atoms with Crippen LogP contribution >= 0.6 is 0 Å². The molecule has 2 N–H and O–H groups in total. The van der Waals surface area contributed by atoms with Crippen molar-refractivity contribution in [1.82, 2.24) is 15.5 Å². The van der Waals surface area contributed by atoms with Crippen molar-refractivity contribution in [1.29, 1.82) is 0 Å². The Balaban J connectivity index is 1.22. The molecule has 4 aromatic rings. The van der Waals surface area contributed by atoms with Gasteiger partial charge in [0.05, 0.1) is 5.41 Å². The van der Waals surface area contributed by atoms with E-state index in [0.717, 1.165) is 55.5 Å². The Hall–Kier alpha value is -4.22. The summed E-state index contributed by atoms with van der Waals surface area (Å²) in [6, 6.07) is 38.8. The molecule has 0 bridgehead atoms. The zero-order valence-electron chi connectivity index (χ0n) is 23.3. The molecule has 1 fully saturated rings. The lowest BCUT2D eigenvalue weighted by Gasteiger charge is -2.46. The van der Waals surface area contributed by atoms with Crippen LogP contribution in [0.15, 0.2) is 115 Å². The molecule has 2 unspecified atom stereocenters. The first-order valence-electron chi connectivity index (χ1n) is 14.7. The number of piperidine rings is 1. The first-order valence-corrected chi connectivity index (χ1v) is 14.7. The van der Waals surface area contributed by atoms with E-state index in [2.05, 4.69) is 51.9 Å². The highest BCUT2D eigenvalue weighted by Crippen LogP contribution is 2.48. The molecule has 5 heteroatoms. The maximum absolute atomic E-state index is 14.2. The van der Waals surface area contributed by atoms with Gasteiger partial charge in [-0.2, -0.15) is 0 Å². The van der Waals surface area contributed by atoms with E-state index in [-0.39, 0.29) is 23.9 Å². The van der Waals surface area contributed by atoms with Gasteiger partial charge in [0.1, 0.15) is 0 Å². The lowest BCUT2D eigenvalue weighted by atomic mass is 9.63. The molecule has 2 aliphatic rings. The Morgan fingerprint density at radius 1 is 0.732 bits per heavy atom. The van der Waals surface area contributed by atoms with Gasteiger partial charge in [-0.1, -0.05) is 103 Å². The largest absolute Gasteiger partial charge is 0.351 e. The van der Waals surface area contributed by atoms with E-state index < -0.39 is 5.41 Å². The summed E-state index contributed by atoms with van der Waals surface area (Å²) < 4.78 is 0. The van der Waals surface area contributed by atoms with Gasteiger partial charge in [0.25, 0.3) is 5.91 Å². The third kappa shape index (κ3) is 5.55. The number of fused-ring (bicyclic) bond motifs is 1. The summed E-state index contributed by atoms with van der Waals surface area (Å²) in [6.07, 6.45) is 3.47. The molecule has 208 valence electrons. The van der Waals surface area contributed by atoms with Gasteiger partial charge in [-0.3, -0.25) is 14.5 Å². The van der Waals surface area contributed by atoms with Gasteiger partial charge >= 0.3 is 0 Å². The van der Waals surface area contributed by atoms with Gasteiger partial charge in [-0.05, 0) is 60.1 Å². The van der Waals surface area contributed by atoms with Crippen LogP contribution in [0.25, 0.3) is 0 Å². The molecule has 0 radical (unpaired) electrons. The fourth-order valence-corrected chi connectivity index (χ4v) is 6.73. The van der Waals surface area contributed by atoms with Gasteiger partial charge in [-0.25, -0.2) is 0 Å². The minimum Gasteiger partial charge on any atom is -0.351 e. The average molecular weight is 544 g/mol. The Bertz CT molecular complexity index is 1470. The molecular weight excluding hydrogens is 506 g/mol. The highest BCUT2D eigenvalue weighted by molar-refractivity contribution is 5.94. The van der Waals surface area contributed by atoms with Crippen LogP contribution in [0.4, 0.5) is 0 Å². The Morgan fingerprint density at radius 2 is 1.34 bits per heavy atom. The molecule has 41 heavy (non-hydrogen) atoms. The first kappa shape index (κ1) is 27.0. The lowest BCUT2D eigenvalue weighted by Crippen LogP contribution is -2.51. The van der Waals surface area contributed by atoms with E-state index in [9.17, 15) is 9.59 Å². The van der Waals surface area contributed by atoms with Gasteiger partial charge in [0, 0.05) is 37.3 Å². The van der Waals surface area contributed by atoms with Crippen molar-refractivity contribution in [3.05, 3.63) is 143 Å². The molecule has 5 nitrogen and oxygen atoms in total. The van der Waals surface area contributed by atoms with Crippen LogP contribution in [0.1, 0.15) is 64.3 Å². The third-order valence-electron chi connectivity index (χ3n) is 8.86. The van der Waals surface area contributed by atoms with E-state index in [1.54, 1.807) is 0 Å². The molecule has 6 rings (SSSR count). The minimum atomic E-state index is -0.745. The summed E-state index contributed by atoms with van der Waals surface area (Å²) in [7, 11) is 0. The molecule has 0 spiro atoms. The van der Waals surface area contributed by atoms with Crippen LogP contribution in [0, 0.1) is 0 Å². The molecule has 1 saturated heterocycles. The maximum atomic E-state index is 14.2. The molecule has 1 aliphatic carbocycles. The number of amides is 2. The number of hydrogen-bond donors (Lipinski definition) is 2.